The second-order valence-corrected chi connectivity index (χ2v) is 4.38. The molecule has 2 rings (SSSR count). The number of rotatable bonds is 4. The minimum Gasteiger partial charge on any atom is -0.299 e. The predicted octanol–water partition coefficient (Wildman–Crippen LogP) is 1.87. The first-order valence-corrected chi connectivity index (χ1v) is 5.84. The molecule has 4 heteroatoms. The molecular weight excluding hydrogens is 214 g/mol. The number of nitrogens with zero attached hydrogens (tertiary/aromatic N) is 3. The van der Waals surface area contributed by atoms with E-state index in [9.17, 15) is 4.79 Å². The molecule has 0 unspecified atom stereocenters. The molecule has 0 saturated carbocycles. The van der Waals surface area contributed by atoms with E-state index < -0.39 is 0 Å². The molecule has 0 aliphatic heterocycles. The molecule has 2 aromatic heterocycles. The fraction of sp³-hybridized carbons (Fsp3) is 0.385. The van der Waals surface area contributed by atoms with Crippen LogP contribution < -0.4 is 5.69 Å². The first kappa shape index (κ1) is 11.6. The van der Waals surface area contributed by atoms with E-state index in [4.69, 9.17) is 0 Å². The van der Waals surface area contributed by atoms with Gasteiger partial charge < -0.3 is 0 Å². The highest BCUT2D eigenvalue weighted by molar-refractivity contribution is 5.09. The van der Waals surface area contributed by atoms with Crippen LogP contribution in [-0.2, 0) is 13.0 Å². The van der Waals surface area contributed by atoms with Crippen LogP contribution in [0.15, 0.2) is 41.7 Å². The number of imidazole rings is 1. The molecule has 0 radical (unpaired) electrons. The molecule has 2 aromatic rings. The highest BCUT2D eigenvalue weighted by Gasteiger charge is 2.05. The highest BCUT2D eigenvalue weighted by Crippen LogP contribution is 2.02. The second-order valence-electron chi connectivity index (χ2n) is 4.38. The maximum atomic E-state index is 11.9. The van der Waals surface area contributed by atoms with Gasteiger partial charge in [-0.25, -0.2) is 4.79 Å². The normalized spacial score (nSPS) is 11.0. The Balaban J connectivity index is 2.08. The first-order valence-electron chi connectivity index (χ1n) is 5.84. The van der Waals surface area contributed by atoms with E-state index in [1.165, 1.54) is 5.56 Å². The fourth-order valence-corrected chi connectivity index (χ4v) is 1.79. The van der Waals surface area contributed by atoms with Crippen molar-refractivity contribution in [3.05, 3.63) is 53.0 Å². The van der Waals surface area contributed by atoms with E-state index in [-0.39, 0.29) is 11.7 Å². The molecule has 0 N–H and O–H groups in total. The molecule has 0 amide bonds. The third-order valence-electron chi connectivity index (χ3n) is 2.82. The Labute approximate surface area is 101 Å². The number of hydrogen-bond donors (Lipinski definition) is 0. The van der Waals surface area contributed by atoms with Crippen LogP contribution in [-0.4, -0.2) is 14.1 Å². The lowest BCUT2D eigenvalue weighted by Crippen LogP contribution is -2.25. The molecule has 0 bridgehead atoms. The van der Waals surface area contributed by atoms with Gasteiger partial charge in [-0.2, -0.15) is 0 Å². The van der Waals surface area contributed by atoms with Crippen LogP contribution >= 0.6 is 0 Å². The van der Waals surface area contributed by atoms with Crippen molar-refractivity contribution in [2.45, 2.75) is 32.9 Å². The molecule has 4 nitrogen and oxygen atoms in total. The molecule has 0 spiro atoms. The van der Waals surface area contributed by atoms with Crippen LogP contribution in [0.4, 0.5) is 0 Å². The Morgan fingerprint density at radius 2 is 1.94 bits per heavy atom. The zero-order chi connectivity index (χ0) is 12.3. The predicted molar refractivity (Wildman–Crippen MR) is 67.0 cm³/mol. The summed E-state index contributed by atoms with van der Waals surface area (Å²) in [5, 5.41) is 0. The monoisotopic (exact) mass is 231 g/mol. The van der Waals surface area contributed by atoms with Gasteiger partial charge in [0.15, 0.2) is 0 Å². The Kier molecular flexibility index (Phi) is 3.42. The summed E-state index contributed by atoms with van der Waals surface area (Å²) in [6.07, 6.45) is 8.10. The molecule has 0 fully saturated rings. The zero-order valence-corrected chi connectivity index (χ0v) is 10.2. The minimum absolute atomic E-state index is 0.0639. The van der Waals surface area contributed by atoms with Crippen LogP contribution in [0.5, 0.6) is 0 Å². The SMILES string of the molecule is CC(C)n1ccn(CCc2ccncc2)c1=O. The van der Waals surface area contributed by atoms with Gasteiger partial charge in [0.05, 0.1) is 0 Å². The maximum absolute atomic E-state index is 11.9. The van der Waals surface area contributed by atoms with Crippen LogP contribution in [0.3, 0.4) is 0 Å². The Morgan fingerprint density at radius 1 is 1.24 bits per heavy atom. The largest absolute Gasteiger partial charge is 0.328 e. The number of aromatic nitrogens is 3. The summed E-state index contributed by atoms with van der Waals surface area (Å²) in [5.74, 6) is 0. The van der Waals surface area contributed by atoms with Gasteiger partial charge in [-0.1, -0.05) is 0 Å². The van der Waals surface area contributed by atoms with Gasteiger partial charge in [-0.15, -0.1) is 0 Å². The van der Waals surface area contributed by atoms with Crippen molar-refractivity contribution in [2.75, 3.05) is 0 Å². The summed E-state index contributed by atoms with van der Waals surface area (Å²) in [6, 6.07) is 4.17. The molecule has 0 aliphatic rings. The standard InChI is InChI=1S/C13H17N3O/c1-11(2)16-10-9-15(13(16)17)8-5-12-3-6-14-7-4-12/h3-4,6-7,9-11H,5,8H2,1-2H3. The van der Waals surface area contributed by atoms with E-state index in [0.717, 1.165) is 6.42 Å². The van der Waals surface area contributed by atoms with Crippen LogP contribution in [0, 0.1) is 0 Å². The summed E-state index contributed by atoms with van der Waals surface area (Å²) in [5.41, 5.74) is 1.26. The van der Waals surface area contributed by atoms with Gasteiger partial charge in [-0.05, 0) is 38.0 Å². The van der Waals surface area contributed by atoms with E-state index in [2.05, 4.69) is 4.98 Å². The highest BCUT2D eigenvalue weighted by atomic mass is 16.1. The van der Waals surface area contributed by atoms with E-state index >= 15 is 0 Å². The molecule has 2 heterocycles. The van der Waals surface area contributed by atoms with Crippen molar-refractivity contribution in [2.24, 2.45) is 0 Å². The van der Waals surface area contributed by atoms with Crippen LogP contribution in [0.1, 0.15) is 25.5 Å². The average molecular weight is 231 g/mol. The van der Waals surface area contributed by atoms with Gasteiger partial charge in [0, 0.05) is 37.4 Å². The number of hydrogen-bond acceptors (Lipinski definition) is 2. The van der Waals surface area contributed by atoms with Gasteiger partial charge in [0.1, 0.15) is 0 Å². The van der Waals surface area contributed by atoms with E-state index in [0.29, 0.717) is 6.54 Å². The Bertz CT molecular complexity index is 525. The van der Waals surface area contributed by atoms with Crippen molar-refractivity contribution in [1.29, 1.82) is 0 Å². The lowest BCUT2D eigenvalue weighted by atomic mass is 10.2. The minimum atomic E-state index is 0.0639. The van der Waals surface area contributed by atoms with Crippen molar-refractivity contribution in [3.63, 3.8) is 0 Å². The number of pyridine rings is 1. The summed E-state index contributed by atoms with van der Waals surface area (Å²) in [7, 11) is 0. The van der Waals surface area contributed by atoms with E-state index in [1.54, 1.807) is 21.5 Å². The Hall–Kier alpha value is -1.84. The number of aryl methyl sites for hydroxylation is 2. The van der Waals surface area contributed by atoms with Crippen LogP contribution in [0.2, 0.25) is 0 Å². The smallest absolute Gasteiger partial charge is 0.299 e. The molecule has 0 aliphatic carbocycles. The van der Waals surface area contributed by atoms with Gasteiger partial charge >= 0.3 is 5.69 Å². The van der Waals surface area contributed by atoms with E-state index in [1.807, 2.05) is 38.4 Å². The van der Waals surface area contributed by atoms with Crippen molar-refractivity contribution < 1.29 is 0 Å². The molecule has 90 valence electrons. The summed E-state index contributed by atoms with van der Waals surface area (Å²) in [6.45, 7) is 4.73. The summed E-state index contributed by atoms with van der Waals surface area (Å²) in [4.78, 5) is 15.9. The lowest BCUT2D eigenvalue weighted by Gasteiger charge is -2.05. The summed E-state index contributed by atoms with van der Waals surface area (Å²) >= 11 is 0. The maximum Gasteiger partial charge on any atom is 0.328 e. The topological polar surface area (TPSA) is 39.8 Å². The molecule has 0 aromatic carbocycles. The van der Waals surface area contributed by atoms with Crippen molar-refractivity contribution in [1.82, 2.24) is 14.1 Å². The summed E-state index contributed by atoms with van der Waals surface area (Å²) < 4.78 is 3.49. The van der Waals surface area contributed by atoms with Gasteiger partial charge in [0.2, 0.25) is 0 Å². The van der Waals surface area contributed by atoms with Crippen molar-refractivity contribution in [3.8, 4) is 0 Å². The molecular formula is C13H17N3O. The van der Waals surface area contributed by atoms with Crippen LogP contribution in [0.25, 0.3) is 0 Å². The Morgan fingerprint density at radius 3 is 2.53 bits per heavy atom. The molecule has 0 atom stereocenters. The third kappa shape index (κ3) is 2.64. The lowest BCUT2D eigenvalue weighted by molar-refractivity contribution is 0.550. The second kappa shape index (κ2) is 4.99. The van der Waals surface area contributed by atoms with Gasteiger partial charge in [-0.3, -0.25) is 14.1 Å². The fourth-order valence-electron chi connectivity index (χ4n) is 1.79. The first-order chi connectivity index (χ1) is 8.18. The van der Waals surface area contributed by atoms with Crippen molar-refractivity contribution >= 4 is 0 Å². The molecule has 0 saturated heterocycles. The quantitative estimate of drug-likeness (QED) is 0.806. The third-order valence-corrected chi connectivity index (χ3v) is 2.82. The molecule has 17 heavy (non-hydrogen) atoms. The van der Waals surface area contributed by atoms with Gasteiger partial charge in [0.25, 0.3) is 0 Å². The zero-order valence-electron chi connectivity index (χ0n) is 10.2. The average Bonchev–Trinajstić information content (AvgIpc) is 2.69.